The molecule has 0 radical (unpaired) electrons. The number of hydrogen-bond acceptors (Lipinski definition) is 7. The lowest BCUT2D eigenvalue weighted by atomic mass is 9.98. The van der Waals surface area contributed by atoms with Gasteiger partial charge in [0.25, 0.3) is 0 Å². The van der Waals surface area contributed by atoms with E-state index in [1.165, 1.54) is 0 Å². The molecule has 0 aromatic heterocycles. The summed E-state index contributed by atoms with van der Waals surface area (Å²) in [5.41, 5.74) is 4.00. The van der Waals surface area contributed by atoms with Gasteiger partial charge in [0.15, 0.2) is 6.29 Å². The van der Waals surface area contributed by atoms with Crippen LogP contribution in [0.4, 0.5) is 0 Å². The molecule has 1 aliphatic rings. The van der Waals surface area contributed by atoms with E-state index in [-0.39, 0.29) is 13.2 Å². The summed E-state index contributed by atoms with van der Waals surface area (Å²) in [6.07, 6.45) is -3.85. The molecule has 220 valence electrons. The number of hydrogen-bond donors (Lipinski definition) is 1. The van der Waals surface area contributed by atoms with Crippen LogP contribution >= 0.6 is 0 Å². The monoisotopic (exact) mass is 570 g/mol. The molecular formula is C35H38O7. The molecule has 1 saturated heterocycles. The van der Waals surface area contributed by atoms with Crippen molar-refractivity contribution in [3.63, 3.8) is 0 Å². The maximum absolute atomic E-state index is 11.2. The van der Waals surface area contributed by atoms with Crippen molar-refractivity contribution in [2.45, 2.75) is 57.1 Å². The standard InChI is InChI=1S/C35H38O7/c1-37-30-19-17-29(18-20-30)24-39-32-31(25-38-21-26-11-5-2-6-12-26)42-35(36)34(41-23-28-15-9-4-10-16-28)33(32)40-22-27-13-7-3-8-14-27/h2-20,31-36H,21-25H2,1H3/t31-,32-,33+,34-,35?/m1/s1. The average Bonchev–Trinajstić information content (AvgIpc) is 3.04. The predicted octanol–water partition coefficient (Wildman–Crippen LogP) is 5.69. The number of ether oxygens (including phenoxy) is 6. The van der Waals surface area contributed by atoms with Gasteiger partial charge < -0.3 is 33.5 Å². The summed E-state index contributed by atoms with van der Waals surface area (Å²) in [7, 11) is 1.64. The molecule has 1 unspecified atom stereocenters. The number of benzene rings is 4. The highest BCUT2D eigenvalue weighted by Crippen LogP contribution is 2.30. The molecule has 7 nitrogen and oxygen atoms in total. The van der Waals surface area contributed by atoms with E-state index < -0.39 is 30.7 Å². The Hall–Kier alpha value is -3.56. The maximum atomic E-state index is 11.2. The van der Waals surface area contributed by atoms with Gasteiger partial charge in [-0.15, -0.1) is 0 Å². The molecule has 1 fully saturated rings. The Bertz CT molecular complexity index is 1300. The van der Waals surface area contributed by atoms with Crippen LogP contribution < -0.4 is 4.74 Å². The minimum Gasteiger partial charge on any atom is -0.497 e. The molecular weight excluding hydrogens is 532 g/mol. The molecule has 0 aliphatic carbocycles. The summed E-state index contributed by atoms with van der Waals surface area (Å²) in [5.74, 6) is 0.772. The molecule has 5 atom stereocenters. The number of rotatable bonds is 14. The first-order valence-electron chi connectivity index (χ1n) is 14.2. The van der Waals surface area contributed by atoms with Crippen molar-refractivity contribution in [3.8, 4) is 5.75 Å². The Kier molecular flexibility index (Phi) is 11.1. The van der Waals surface area contributed by atoms with Crippen LogP contribution in [0.2, 0.25) is 0 Å². The molecule has 5 rings (SSSR count). The van der Waals surface area contributed by atoms with E-state index in [0.29, 0.717) is 19.8 Å². The van der Waals surface area contributed by atoms with Crippen molar-refractivity contribution in [1.29, 1.82) is 0 Å². The van der Waals surface area contributed by atoms with Crippen molar-refractivity contribution >= 4 is 0 Å². The van der Waals surface area contributed by atoms with Gasteiger partial charge in [0.1, 0.15) is 30.2 Å². The number of aliphatic hydroxyl groups excluding tert-OH is 1. The van der Waals surface area contributed by atoms with E-state index in [1.807, 2.05) is 115 Å². The zero-order chi connectivity index (χ0) is 29.0. The van der Waals surface area contributed by atoms with Crippen LogP contribution in [0.15, 0.2) is 115 Å². The molecule has 1 aliphatic heterocycles. The first-order chi connectivity index (χ1) is 20.7. The third kappa shape index (κ3) is 8.49. The van der Waals surface area contributed by atoms with Crippen molar-refractivity contribution in [1.82, 2.24) is 0 Å². The smallest absolute Gasteiger partial charge is 0.184 e. The summed E-state index contributed by atoms with van der Waals surface area (Å²) in [5, 5.41) is 11.2. The Balaban J connectivity index is 1.36. The van der Waals surface area contributed by atoms with Crippen molar-refractivity contribution in [2.24, 2.45) is 0 Å². The Morgan fingerprint density at radius 2 is 1.00 bits per heavy atom. The second kappa shape index (κ2) is 15.6. The third-order valence-electron chi connectivity index (χ3n) is 7.18. The van der Waals surface area contributed by atoms with Crippen molar-refractivity contribution in [3.05, 3.63) is 138 Å². The van der Waals surface area contributed by atoms with Gasteiger partial charge >= 0.3 is 0 Å². The van der Waals surface area contributed by atoms with Crippen LogP contribution in [0, 0.1) is 0 Å². The average molecular weight is 571 g/mol. The molecule has 0 amide bonds. The fourth-order valence-corrected chi connectivity index (χ4v) is 4.91. The maximum Gasteiger partial charge on any atom is 0.184 e. The van der Waals surface area contributed by atoms with Crippen LogP contribution in [0.25, 0.3) is 0 Å². The number of methoxy groups -OCH3 is 1. The van der Waals surface area contributed by atoms with E-state index in [1.54, 1.807) is 7.11 Å². The highest BCUT2D eigenvalue weighted by Gasteiger charge is 2.48. The molecule has 1 heterocycles. The second-order valence-corrected chi connectivity index (χ2v) is 10.2. The van der Waals surface area contributed by atoms with Crippen LogP contribution in [0.3, 0.4) is 0 Å². The Morgan fingerprint density at radius 3 is 1.52 bits per heavy atom. The van der Waals surface area contributed by atoms with Gasteiger partial charge in [-0.05, 0) is 34.4 Å². The van der Waals surface area contributed by atoms with E-state index >= 15 is 0 Å². The highest BCUT2D eigenvalue weighted by molar-refractivity contribution is 5.26. The van der Waals surface area contributed by atoms with Crippen LogP contribution in [-0.2, 0) is 50.1 Å². The quantitative estimate of drug-likeness (QED) is 0.209. The van der Waals surface area contributed by atoms with Gasteiger partial charge in [-0.25, -0.2) is 0 Å². The largest absolute Gasteiger partial charge is 0.497 e. The first kappa shape index (κ1) is 29.9. The summed E-state index contributed by atoms with van der Waals surface area (Å²) < 4.78 is 36.8. The van der Waals surface area contributed by atoms with Crippen LogP contribution in [0.5, 0.6) is 5.75 Å². The van der Waals surface area contributed by atoms with Gasteiger partial charge in [0, 0.05) is 0 Å². The molecule has 7 heteroatoms. The summed E-state index contributed by atoms with van der Waals surface area (Å²) in [4.78, 5) is 0. The van der Waals surface area contributed by atoms with Crippen molar-refractivity contribution in [2.75, 3.05) is 13.7 Å². The fraction of sp³-hybridized carbons (Fsp3) is 0.314. The predicted molar refractivity (Wildman–Crippen MR) is 159 cm³/mol. The summed E-state index contributed by atoms with van der Waals surface area (Å²) >= 11 is 0. The first-order valence-corrected chi connectivity index (χ1v) is 14.2. The highest BCUT2D eigenvalue weighted by atomic mass is 16.7. The van der Waals surface area contributed by atoms with Crippen LogP contribution in [0.1, 0.15) is 22.3 Å². The second-order valence-electron chi connectivity index (χ2n) is 10.2. The number of aliphatic hydroxyl groups is 1. The van der Waals surface area contributed by atoms with Gasteiger partial charge in [0.05, 0.1) is 40.1 Å². The Labute approximate surface area is 247 Å². The molecule has 42 heavy (non-hydrogen) atoms. The topological polar surface area (TPSA) is 75.6 Å². The van der Waals surface area contributed by atoms with Gasteiger partial charge in [-0.1, -0.05) is 103 Å². The third-order valence-corrected chi connectivity index (χ3v) is 7.18. The lowest BCUT2D eigenvalue weighted by molar-refractivity contribution is -0.317. The lowest BCUT2D eigenvalue weighted by Gasteiger charge is -2.44. The Morgan fingerprint density at radius 1 is 0.548 bits per heavy atom. The van der Waals surface area contributed by atoms with Gasteiger partial charge in [0.2, 0.25) is 0 Å². The normalized spacial score (nSPS) is 22.1. The van der Waals surface area contributed by atoms with E-state index in [0.717, 1.165) is 28.0 Å². The SMILES string of the molecule is COc1ccc(CO[C@H]2[C@H](OCc3ccccc3)[C@@H](OCc3ccccc3)C(O)O[C@@H]2COCc2ccccc2)cc1. The van der Waals surface area contributed by atoms with Gasteiger partial charge in [-0.2, -0.15) is 0 Å². The molecule has 0 saturated carbocycles. The summed E-state index contributed by atoms with van der Waals surface area (Å²) in [6, 6.07) is 37.4. The molecule has 0 spiro atoms. The van der Waals surface area contributed by atoms with E-state index in [4.69, 9.17) is 28.4 Å². The minimum atomic E-state index is -1.24. The lowest BCUT2D eigenvalue weighted by Crippen LogP contribution is -2.61. The van der Waals surface area contributed by atoms with E-state index in [9.17, 15) is 5.11 Å². The zero-order valence-corrected chi connectivity index (χ0v) is 23.8. The summed E-state index contributed by atoms with van der Waals surface area (Å²) in [6.45, 7) is 1.53. The zero-order valence-electron chi connectivity index (χ0n) is 23.8. The molecule has 4 aromatic rings. The minimum absolute atomic E-state index is 0.204. The molecule has 4 aromatic carbocycles. The molecule has 0 bridgehead atoms. The molecule has 1 N–H and O–H groups in total. The fourth-order valence-electron chi connectivity index (χ4n) is 4.91. The van der Waals surface area contributed by atoms with Crippen LogP contribution in [-0.4, -0.2) is 49.5 Å². The van der Waals surface area contributed by atoms with E-state index in [2.05, 4.69) is 0 Å². The van der Waals surface area contributed by atoms with Gasteiger partial charge in [-0.3, -0.25) is 0 Å². The van der Waals surface area contributed by atoms with Crippen molar-refractivity contribution < 1.29 is 33.5 Å².